The molecule has 5 nitrogen and oxygen atoms in total. The summed E-state index contributed by atoms with van der Waals surface area (Å²) < 4.78 is 41.4. The number of carbonyl (C=O) groups is 2. The van der Waals surface area contributed by atoms with Crippen LogP contribution in [0.4, 0.5) is 29.3 Å². The summed E-state index contributed by atoms with van der Waals surface area (Å²) in [4.78, 5) is 29.1. The zero-order valence-corrected chi connectivity index (χ0v) is 17.9. The summed E-state index contributed by atoms with van der Waals surface area (Å²) in [6, 6.07) is 14.0. The van der Waals surface area contributed by atoms with Crippen molar-refractivity contribution in [1.29, 1.82) is 0 Å². The number of carbonyl (C=O) groups excluding carboxylic acids is 2. The highest BCUT2D eigenvalue weighted by atomic mass is 19.1. The van der Waals surface area contributed by atoms with Crippen LogP contribution in [0.3, 0.4) is 0 Å². The molecule has 1 heterocycles. The van der Waals surface area contributed by atoms with E-state index < -0.39 is 23.1 Å². The Morgan fingerprint density at radius 3 is 2.36 bits per heavy atom. The average molecular weight is 453 g/mol. The molecule has 1 aliphatic rings. The maximum absolute atomic E-state index is 14.1. The van der Waals surface area contributed by atoms with Gasteiger partial charge in [0, 0.05) is 19.6 Å². The van der Waals surface area contributed by atoms with E-state index in [-0.39, 0.29) is 17.5 Å². The number of hydrogen-bond donors (Lipinski definition) is 1. The Labute approximate surface area is 189 Å². The van der Waals surface area contributed by atoms with Gasteiger partial charge in [-0.05, 0) is 60.9 Å². The van der Waals surface area contributed by atoms with Gasteiger partial charge in [-0.1, -0.05) is 24.3 Å². The lowest BCUT2D eigenvalue weighted by Gasteiger charge is -2.36. The molecule has 0 aromatic heterocycles. The predicted molar refractivity (Wildman–Crippen MR) is 120 cm³/mol. The Bertz CT molecular complexity index is 1180. The normalized spacial score (nSPS) is 13.9. The highest BCUT2D eigenvalue weighted by Gasteiger charge is 2.29. The second-order valence-corrected chi connectivity index (χ2v) is 7.91. The number of hydrogen-bond acceptors (Lipinski definition) is 2. The number of urea groups is 1. The fraction of sp³-hybridized carbons (Fsp3) is 0.200. The molecule has 8 heteroatoms. The third kappa shape index (κ3) is 4.84. The lowest BCUT2D eigenvalue weighted by molar-refractivity contribution is 0.101. The number of amides is 3. The molecule has 33 heavy (non-hydrogen) atoms. The third-order valence-corrected chi connectivity index (χ3v) is 5.48. The second-order valence-electron chi connectivity index (χ2n) is 7.91. The van der Waals surface area contributed by atoms with E-state index in [9.17, 15) is 22.8 Å². The molecule has 4 rings (SSSR count). The molecule has 0 aliphatic carbocycles. The Morgan fingerprint density at radius 2 is 1.67 bits per heavy atom. The molecular formula is C25H22F3N3O2. The van der Waals surface area contributed by atoms with Crippen LogP contribution in [0.5, 0.6) is 0 Å². The average Bonchev–Trinajstić information content (AvgIpc) is 2.77. The third-order valence-electron chi connectivity index (χ3n) is 5.48. The van der Waals surface area contributed by atoms with E-state index in [1.165, 1.54) is 23.1 Å². The molecule has 3 aromatic rings. The molecule has 1 fully saturated rings. The van der Waals surface area contributed by atoms with Crippen molar-refractivity contribution in [1.82, 2.24) is 4.90 Å². The van der Waals surface area contributed by atoms with Crippen LogP contribution in [0.25, 0.3) is 0 Å². The summed E-state index contributed by atoms with van der Waals surface area (Å²) in [5, 5.41) is 2.56. The smallest absolute Gasteiger partial charge is 0.320 e. The van der Waals surface area contributed by atoms with Crippen molar-refractivity contribution in [3.63, 3.8) is 0 Å². The maximum atomic E-state index is 14.1. The Balaban J connectivity index is 1.60. The molecule has 0 atom stereocenters. The van der Waals surface area contributed by atoms with Crippen LogP contribution in [0.1, 0.15) is 27.9 Å². The number of halogens is 3. The molecule has 1 aliphatic heterocycles. The van der Waals surface area contributed by atoms with Crippen molar-refractivity contribution in [2.24, 2.45) is 0 Å². The van der Waals surface area contributed by atoms with Crippen LogP contribution in [0.2, 0.25) is 0 Å². The van der Waals surface area contributed by atoms with Gasteiger partial charge in [-0.3, -0.25) is 9.69 Å². The zero-order chi connectivity index (χ0) is 23.5. The minimum Gasteiger partial charge on any atom is -0.320 e. The molecule has 0 bridgehead atoms. The predicted octanol–water partition coefficient (Wildman–Crippen LogP) is 5.50. The Morgan fingerprint density at radius 1 is 0.970 bits per heavy atom. The number of anilines is 2. The number of aryl methyl sites for hydroxylation is 1. The topological polar surface area (TPSA) is 52.6 Å². The van der Waals surface area contributed by atoms with Crippen LogP contribution in [-0.2, 0) is 6.54 Å². The maximum Gasteiger partial charge on any atom is 0.324 e. The van der Waals surface area contributed by atoms with Crippen molar-refractivity contribution in [2.75, 3.05) is 23.3 Å². The van der Waals surface area contributed by atoms with Gasteiger partial charge >= 0.3 is 6.03 Å². The van der Waals surface area contributed by atoms with Crippen LogP contribution in [-0.4, -0.2) is 29.9 Å². The van der Waals surface area contributed by atoms with Crippen molar-refractivity contribution >= 4 is 23.3 Å². The fourth-order valence-corrected chi connectivity index (χ4v) is 3.85. The van der Waals surface area contributed by atoms with E-state index in [4.69, 9.17) is 0 Å². The number of nitrogens with zero attached hydrogens (tertiary/aromatic N) is 2. The molecular weight excluding hydrogens is 431 g/mol. The van der Waals surface area contributed by atoms with Gasteiger partial charge < -0.3 is 10.2 Å². The van der Waals surface area contributed by atoms with Crippen molar-refractivity contribution in [3.05, 3.63) is 94.8 Å². The van der Waals surface area contributed by atoms with Gasteiger partial charge in [0.05, 0.1) is 11.4 Å². The molecule has 3 aromatic carbocycles. The standard InChI is InChI=1S/C25H22F3N3O2/c1-16-6-11-22(21(14-16)29-24(32)23-19(27)4-2-5-20(23)28)31-13-3-12-30(25(31)33)15-17-7-9-18(26)10-8-17/h2,4-11,14H,3,12-13,15H2,1H3,(H,29,32). The van der Waals surface area contributed by atoms with Crippen molar-refractivity contribution in [2.45, 2.75) is 19.9 Å². The van der Waals surface area contributed by atoms with E-state index in [1.807, 2.05) is 6.92 Å². The number of nitrogens with one attached hydrogen (secondary N) is 1. The largest absolute Gasteiger partial charge is 0.324 e. The molecule has 0 saturated carbocycles. The molecule has 0 radical (unpaired) electrons. The quantitative estimate of drug-likeness (QED) is 0.555. The minimum absolute atomic E-state index is 0.276. The molecule has 1 saturated heterocycles. The highest BCUT2D eigenvalue weighted by molar-refractivity contribution is 6.08. The molecule has 170 valence electrons. The van der Waals surface area contributed by atoms with E-state index in [0.717, 1.165) is 23.3 Å². The van der Waals surface area contributed by atoms with E-state index in [1.54, 1.807) is 35.2 Å². The van der Waals surface area contributed by atoms with Gasteiger partial charge in [-0.2, -0.15) is 0 Å². The van der Waals surface area contributed by atoms with Crippen molar-refractivity contribution < 1.29 is 22.8 Å². The Kier molecular flexibility index (Phi) is 6.35. The SMILES string of the molecule is Cc1ccc(N2CCCN(Cc3ccc(F)cc3)C2=O)c(NC(=O)c2c(F)cccc2F)c1. The molecule has 1 N–H and O–H groups in total. The lowest BCUT2D eigenvalue weighted by Crippen LogP contribution is -2.49. The number of benzene rings is 3. The molecule has 3 amide bonds. The van der Waals surface area contributed by atoms with Gasteiger partial charge in [0.1, 0.15) is 23.0 Å². The highest BCUT2D eigenvalue weighted by Crippen LogP contribution is 2.31. The first-order valence-corrected chi connectivity index (χ1v) is 10.5. The summed E-state index contributed by atoms with van der Waals surface area (Å²) in [5.41, 5.74) is 1.61. The first-order chi connectivity index (χ1) is 15.8. The van der Waals surface area contributed by atoms with Gasteiger partial charge in [0.15, 0.2) is 0 Å². The lowest BCUT2D eigenvalue weighted by atomic mass is 10.1. The first-order valence-electron chi connectivity index (χ1n) is 10.5. The summed E-state index contributed by atoms with van der Waals surface area (Å²) in [5.74, 6) is -3.23. The summed E-state index contributed by atoms with van der Waals surface area (Å²) >= 11 is 0. The second kappa shape index (κ2) is 9.36. The van der Waals surface area contributed by atoms with Crippen LogP contribution >= 0.6 is 0 Å². The molecule has 0 spiro atoms. The fourth-order valence-electron chi connectivity index (χ4n) is 3.85. The van der Waals surface area contributed by atoms with Crippen LogP contribution in [0.15, 0.2) is 60.7 Å². The van der Waals surface area contributed by atoms with Crippen LogP contribution < -0.4 is 10.2 Å². The van der Waals surface area contributed by atoms with E-state index in [2.05, 4.69) is 5.32 Å². The summed E-state index contributed by atoms with van der Waals surface area (Å²) in [7, 11) is 0. The van der Waals surface area contributed by atoms with Gasteiger partial charge in [-0.15, -0.1) is 0 Å². The van der Waals surface area contributed by atoms with Crippen molar-refractivity contribution in [3.8, 4) is 0 Å². The van der Waals surface area contributed by atoms with Gasteiger partial charge in [0.2, 0.25) is 0 Å². The van der Waals surface area contributed by atoms with Crippen LogP contribution in [0, 0.1) is 24.4 Å². The van der Waals surface area contributed by atoms with Gasteiger partial charge in [0.25, 0.3) is 5.91 Å². The van der Waals surface area contributed by atoms with Gasteiger partial charge in [-0.25, -0.2) is 18.0 Å². The minimum atomic E-state index is -0.971. The summed E-state index contributed by atoms with van der Waals surface area (Å²) in [6.45, 7) is 3.06. The Hall–Kier alpha value is -3.81. The number of rotatable bonds is 5. The van der Waals surface area contributed by atoms with E-state index in [0.29, 0.717) is 31.7 Å². The van der Waals surface area contributed by atoms with E-state index >= 15 is 0 Å². The zero-order valence-electron chi connectivity index (χ0n) is 17.9. The monoisotopic (exact) mass is 453 g/mol. The first kappa shape index (κ1) is 22.4. The molecule has 0 unspecified atom stereocenters. The summed E-state index contributed by atoms with van der Waals surface area (Å²) in [6.07, 6.45) is 0.677.